The van der Waals surface area contributed by atoms with E-state index in [2.05, 4.69) is 20.2 Å². The molecule has 2 heterocycles. The van der Waals surface area contributed by atoms with Gasteiger partial charge in [-0.15, -0.1) is 0 Å². The zero-order valence-corrected chi connectivity index (χ0v) is 15.4. The van der Waals surface area contributed by atoms with Crippen molar-refractivity contribution in [3.05, 3.63) is 36.2 Å². The Hall–Kier alpha value is -2.83. The van der Waals surface area contributed by atoms with Gasteiger partial charge in [0.15, 0.2) is 0 Å². The van der Waals surface area contributed by atoms with Crippen LogP contribution in [0.15, 0.2) is 30.5 Å². The molecule has 1 aliphatic heterocycles. The summed E-state index contributed by atoms with van der Waals surface area (Å²) in [5.41, 5.74) is 1.56. The molecular weight excluding hydrogens is 332 g/mol. The highest BCUT2D eigenvalue weighted by atomic mass is 16.5. The molecule has 26 heavy (non-hydrogen) atoms. The minimum atomic E-state index is -0.125. The van der Waals surface area contributed by atoms with E-state index >= 15 is 0 Å². The molecule has 1 aromatic carbocycles. The number of carbonyl (C=O) groups is 1. The molecular formula is C19H24N4O3. The first-order valence-electron chi connectivity index (χ1n) is 8.68. The third-order valence-corrected chi connectivity index (χ3v) is 4.52. The van der Waals surface area contributed by atoms with Gasteiger partial charge in [-0.1, -0.05) is 0 Å². The Balaban J connectivity index is 1.70. The summed E-state index contributed by atoms with van der Waals surface area (Å²) in [5, 5.41) is 2.98. The first-order valence-corrected chi connectivity index (χ1v) is 8.68. The highest BCUT2D eigenvalue weighted by molar-refractivity contribution is 5.94. The van der Waals surface area contributed by atoms with E-state index in [4.69, 9.17) is 9.47 Å². The maximum absolute atomic E-state index is 12.8. The number of hydrogen-bond acceptors (Lipinski definition) is 6. The fourth-order valence-corrected chi connectivity index (χ4v) is 3.10. The van der Waals surface area contributed by atoms with E-state index in [1.807, 2.05) is 13.0 Å². The lowest BCUT2D eigenvalue weighted by Crippen LogP contribution is -2.41. The van der Waals surface area contributed by atoms with Gasteiger partial charge in [-0.25, -0.2) is 9.97 Å². The smallest absolute Gasteiger partial charge is 0.229 e. The predicted octanol–water partition coefficient (Wildman–Crippen LogP) is 2.66. The fourth-order valence-electron chi connectivity index (χ4n) is 3.10. The number of amides is 1. The number of nitrogens with zero attached hydrogens (tertiary/aromatic N) is 3. The molecule has 1 N–H and O–H groups in total. The first kappa shape index (κ1) is 18.0. The molecule has 1 atom stereocenters. The molecule has 2 aromatic rings. The van der Waals surface area contributed by atoms with Gasteiger partial charge in [0, 0.05) is 31.0 Å². The van der Waals surface area contributed by atoms with Crippen LogP contribution in [0, 0.1) is 12.8 Å². The van der Waals surface area contributed by atoms with Crippen LogP contribution in [-0.4, -0.2) is 43.2 Å². The highest BCUT2D eigenvalue weighted by Gasteiger charge is 2.27. The summed E-state index contributed by atoms with van der Waals surface area (Å²) < 4.78 is 10.5. The van der Waals surface area contributed by atoms with Crippen molar-refractivity contribution in [2.24, 2.45) is 5.92 Å². The average molecular weight is 356 g/mol. The van der Waals surface area contributed by atoms with Gasteiger partial charge in [-0.2, -0.15) is 0 Å². The quantitative estimate of drug-likeness (QED) is 0.888. The van der Waals surface area contributed by atoms with E-state index in [0.717, 1.165) is 25.1 Å². The standard InChI is InChI=1S/C19H24N4O3/c1-13-8-9-20-19(21-13)23-10-4-5-14(12-23)18(24)22-16-7-6-15(25-2)11-17(16)26-3/h6-9,11,14H,4-5,10,12H2,1-3H3,(H,22,24)/t14-/m1/s1. The van der Waals surface area contributed by atoms with Crippen molar-refractivity contribution in [3.8, 4) is 11.5 Å². The van der Waals surface area contributed by atoms with Gasteiger partial charge in [-0.05, 0) is 38.0 Å². The van der Waals surface area contributed by atoms with Crippen LogP contribution in [0.3, 0.4) is 0 Å². The minimum Gasteiger partial charge on any atom is -0.497 e. The normalized spacial score (nSPS) is 16.9. The summed E-state index contributed by atoms with van der Waals surface area (Å²) in [5.74, 6) is 1.79. The molecule has 0 aliphatic carbocycles. The Morgan fingerprint density at radius 3 is 2.85 bits per heavy atom. The summed E-state index contributed by atoms with van der Waals surface area (Å²) in [6.07, 6.45) is 3.52. The lowest BCUT2D eigenvalue weighted by Gasteiger charge is -2.32. The second-order valence-corrected chi connectivity index (χ2v) is 6.34. The van der Waals surface area contributed by atoms with Gasteiger partial charge < -0.3 is 19.7 Å². The van der Waals surface area contributed by atoms with E-state index in [0.29, 0.717) is 29.7 Å². The Morgan fingerprint density at radius 2 is 2.12 bits per heavy atom. The fraction of sp³-hybridized carbons (Fsp3) is 0.421. The highest BCUT2D eigenvalue weighted by Crippen LogP contribution is 2.30. The van der Waals surface area contributed by atoms with Gasteiger partial charge in [0.25, 0.3) is 0 Å². The van der Waals surface area contributed by atoms with E-state index < -0.39 is 0 Å². The van der Waals surface area contributed by atoms with Crippen molar-refractivity contribution in [3.63, 3.8) is 0 Å². The number of methoxy groups -OCH3 is 2. The van der Waals surface area contributed by atoms with Crippen LogP contribution in [0.2, 0.25) is 0 Å². The van der Waals surface area contributed by atoms with Crippen LogP contribution < -0.4 is 19.7 Å². The summed E-state index contributed by atoms with van der Waals surface area (Å²) in [6.45, 7) is 3.40. The molecule has 0 radical (unpaired) electrons. The van der Waals surface area contributed by atoms with Crippen molar-refractivity contribution in [1.82, 2.24) is 9.97 Å². The van der Waals surface area contributed by atoms with E-state index in [1.165, 1.54) is 0 Å². The summed E-state index contributed by atoms with van der Waals surface area (Å²) in [6, 6.07) is 7.21. The van der Waals surface area contributed by atoms with Crippen molar-refractivity contribution in [2.75, 3.05) is 37.5 Å². The van der Waals surface area contributed by atoms with Crippen LogP contribution in [0.25, 0.3) is 0 Å². The van der Waals surface area contributed by atoms with Crippen LogP contribution in [0.4, 0.5) is 11.6 Å². The number of aryl methyl sites for hydroxylation is 1. The number of piperidine rings is 1. The molecule has 1 amide bonds. The maximum atomic E-state index is 12.8. The van der Waals surface area contributed by atoms with Crippen molar-refractivity contribution in [2.45, 2.75) is 19.8 Å². The maximum Gasteiger partial charge on any atom is 0.229 e. The average Bonchev–Trinajstić information content (AvgIpc) is 2.68. The number of ether oxygens (including phenoxy) is 2. The minimum absolute atomic E-state index is 0.0224. The number of rotatable bonds is 5. The molecule has 0 bridgehead atoms. The van der Waals surface area contributed by atoms with E-state index in [-0.39, 0.29) is 11.8 Å². The molecule has 7 nitrogen and oxygen atoms in total. The zero-order valence-electron chi connectivity index (χ0n) is 15.4. The Morgan fingerprint density at radius 1 is 1.27 bits per heavy atom. The summed E-state index contributed by atoms with van der Waals surface area (Å²) in [4.78, 5) is 23.7. The third-order valence-electron chi connectivity index (χ3n) is 4.52. The molecule has 7 heteroatoms. The molecule has 0 unspecified atom stereocenters. The van der Waals surface area contributed by atoms with Gasteiger partial charge in [0.2, 0.25) is 11.9 Å². The molecule has 1 fully saturated rings. The predicted molar refractivity (Wildman–Crippen MR) is 99.9 cm³/mol. The first-order chi connectivity index (χ1) is 12.6. The number of aromatic nitrogens is 2. The topological polar surface area (TPSA) is 76.6 Å². The number of hydrogen-bond donors (Lipinski definition) is 1. The molecule has 1 aliphatic rings. The molecule has 0 saturated carbocycles. The second kappa shape index (κ2) is 8.03. The van der Waals surface area contributed by atoms with E-state index in [9.17, 15) is 4.79 Å². The van der Waals surface area contributed by atoms with Crippen molar-refractivity contribution >= 4 is 17.5 Å². The molecule has 1 saturated heterocycles. The third kappa shape index (κ3) is 4.04. The summed E-state index contributed by atoms with van der Waals surface area (Å²) in [7, 11) is 3.17. The number of nitrogens with one attached hydrogen (secondary N) is 1. The van der Waals surface area contributed by atoms with Gasteiger partial charge in [0.1, 0.15) is 11.5 Å². The van der Waals surface area contributed by atoms with Gasteiger partial charge in [0.05, 0.1) is 25.8 Å². The number of carbonyl (C=O) groups excluding carboxylic acids is 1. The van der Waals surface area contributed by atoms with E-state index in [1.54, 1.807) is 38.6 Å². The lowest BCUT2D eigenvalue weighted by molar-refractivity contribution is -0.120. The molecule has 0 spiro atoms. The Kier molecular flexibility index (Phi) is 5.55. The second-order valence-electron chi connectivity index (χ2n) is 6.34. The van der Waals surface area contributed by atoms with Crippen LogP contribution in [-0.2, 0) is 4.79 Å². The molecule has 1 aromatic heterocycles. The largest absolute Gasteiger partial charge is 0.497 e. The van der Waals surface area contributed by atoms with Crippen LogP contribution >= 0.6 is 0 Å². The van der Waals surface area contributed by atoms with Gasteiger partial charge >= 0.3 is 0 Å². The zero-order chi connectivity index (χ0) is 18.5. The molecule has 3 rings (SSSR count). The molecule has 138 valence electrons. The van der Waals surface area contributed by atoms with Crippen LogP contribution in [0.1, 0.15) is 18.5 Å². The SMILES string of the molecule is COc1ccc(NC(=O)[C@@H]2CCCN(c3nccc(C)n3)C2)c(OC)c1. The van der Waals surface area contributed by atoms with Crippen molar-refractivity contribution in [1.29, 1.82) is 0 Å². The number of anilines is 2. The van der Waals surface area contributed by atoms with Gasteiger partial charge in [-0.3, -0.25) is 4.79 Å². The monoisotopic (exact) mass is 356 g/mol. The van der Waals surface area contributed by atoms with Crippen molar-refractivity contribution < 1.29 is 14.3 Å². The number of benzene rings is 1. The summed E-state index contributed by atoms with van der Waals surface area (Å²) >= 11 is 0. The Bertz CT molecular complexity index is 781. The Labute approximate surface area is 153 Å². The lowest BCUT2D eigenvalue weighted by atomic mass is 9.97. The van der Waals surface area contributed by atoms with Crippen LogP contribution in [0.5, 0.6) is 11.5 Å².